The summed E-state index contributed by atoms with van der Waals surface area (Å²) < 4.78 is 40.1. The molecule has 22 heavy (non-hydrogen) atoms. The third-order valence-electron chi connectivity index (χ3n) is 2.87. The highest BCUT2D eigenvalue weighted by Gasteiger charge is 2.22. The molecule has 0 atom stereocenters. The van der Waals surface area contributed by atoms with Crippen LogP contribution in [-0.2, 0) is 4.74 Å². The molecule has 0 bridgehead atoms. The predicted octanol–water partition coefficient (Wildman–Crippen LogP) is 4.49. The molecule has 0 spiro atoms. The van der Waals surface area contributed by atoms with Crippen molar-refractivity contribution in [1.82, 2.24) is 4.57 Å². The fraction of sp³-hybridized carbons (Fsp3) is 0.438. The Morgan fingerprint density at radius 3 is 2.59 bits per heavy atom. The molecule has 0 aliphatic heterocycles. The van der Waals surface area contributed by atoms with Crippen molar-refractivity contribution in [2.45, 2.75) is 39.7 Å². The first-order valence-electron chi connectivity index (χ1n) is 7.10. The number of benzene rings is 1. The third kappa shape index (κ3) is 3.21. The van der Waals surface area contributed by atoms with Gasteiger partial charge in [0.25, 0.3) is 0 Å². The summed E-state index contributed by atoms with van der Waals surface area (Å²) in [4.78, 5) is 11.9. The largest absolute Gasteiger partial charge is 0.485 e. The molecule has 0 unspecified atom stereocenters. The van der Waals surface area contributed by atoms with E-state index in [1.807, 2.05) is 6.92 Å². The van der Waals surface area contributed by atoms with Crippen LogP contribution in [0.5, 0.6) is 5.75 Å². The molecule has 0 aliphatic carbocycles. The van der Waals surface area contributed by atoms with Crippen LogP contribution in [0.2, 0.25) is 0 Å². The summed E-state index contributed by atoms with van der Waals surface area (Å²) >= 11 is 0. The standard InChI is InChI=1S/C16H19F2NO3/c1-5-8-21-15(20)19-7-6-10-13(18)12(22-16(2,3)4)9-11(17)14(10)19/h6-7,9H,5,8H2,1-4H3. The minimum Gasteiger partial charge on any atom is -0.485 e. The van der Waals surface area contributed by atoms with Crippen LogP contribution in [0.1, 0.15) is 34.1 Å². The zero-order chi connectivity index (χ0) is 16.5. The van der Waals surface area contributed by atoms with Crippen molar-refractivity contribution in [3.05, 3.63) is 30.0 Å². The van der Waals surface area contributed by atoms with Crippen LogP contribution < -0.4 is 4.74 Å². The van der Waals surface area contributed by atoms with Gasteiger partial charge >= 0.3 is 6.09 Å². The summed E-state index contributed by atoms with van der Waals surface area (Å²) in [6.45, 7) is 7.27. The Morgan fingerprint density at radius 2 is 2.00 bits per heavy atom. The average molecular weight is 311 g/mol. The lowest BCUT2D eigenvalue weighted by molar-refractivity contribution is 0.124. The number of rotatable bonds is 3. The van der Waals surface area contributed by atoms with Gasteiger partial charge in [-0.25, -0.2) is 18.1 Å². The van der Waals surface area contributed by atoms with E-state index in [4.69, 9.17) is 9.47 Å². The molecule has 0 aliphatic rings. The van der Waals surface area contributed by atoms with E-state index in [1.54, 1.807) is 20.8 Å². The van der Waals surface area contributed by atoms with Crippen molar-refractivity contribution < 1.29 is 23.0 Å². The maximum atomic E-state index is 14.5. The number of carbonyl (C=O) groups excluding carboxylic acids is 1. The zero-order valence-corrected chi connectivity index (χ0v) is 13.1. The SMILES string of the molecule is CCCOC(=O)n1ccc2c(F)c(OC(C)(C)C)cc(F)c21. The number of hydrogen-bond acceptors (Lipinski definition) is 3. The van der Waals surface area contributed by atoms with Gasteiger partial charge in [-0.1, -0.05) is 6.92 Å². The monoisotopic (exact) mass is 311 g/mol. The van der Waals surface area contributed by atoms with E-state index in [0.717, 1.165) is 10.6 Å². The van der Waals surface area contributed by atoms with Crippen molar-refractivity contribution >= 4 is 17.0 Å². The summed E-state index contributed by atoms with van der Waals surface area (Å²) in [7, 11) is 0. The molecule has 4 nitrogen and oxygen atoms in total. The van der Waals surface area contributed by atoms with E-state index in [2.05, 4.69) is 0 Å². The van der Waals surface area contributed by atoms with Crippen LogP contribution >= 0.6 is 0 Å². The van der Waals surface area contributed by atoms with Crippen LogP contribution in [0.4, 0.5) is 13.6 Å². The Balaban J connectivity index is 2.50. The highest BCUT2D eigenvalue weighted by molar-refractivity contribution is 5.91. The number of nitrogens with zero attached hydrogens (tertiary/aromatic N) is 1. The first-order valence-corrected chi connectivity index (χ1v) is 7.10. The van der Waals surface area contributed by atoms with Gasteiger partial charge in [-0.3, -0.25) is 0 Å². The summed E-state index contributed by atoms with van der Waals surface area (Å²) in [5, 5.41) is -0.0206. The Labute approximate surface area is 127 Å². The predicted molar refractivity (Wildman–Crippen MR) is 79.3 cm³/mol. The van der Waals surface area contributed by atoms with Gasteiger partial charge in [0.05, 0.1) is 12.1 Å². The fourth-order valence-electron chi connectivity index (χ4n) is 2.05. The van der Waals surface area contributed by atoms with E-state index >= 15 is 0 Å². The van der Waals surface area contributed by atoms with Gasteiger partial charge in [0.15, 0.2) is 17.4 Å². The van der Waals surface area contributed by atoms with Crippen molar-refractivity contribution in [3.63, 3.8) is 0 Å². The molecular formula is C16H19F2NO3. The number of aromatic nitrogens is 1. The zero-order valence-electron chi connectivity index (χ0n) is 13.1. The molecule has 1 aromatic heterocycles. The number of carbonyl (C=O) groups is 1. The lowest BCUT2D eigenvalue weighted by atomic mass is 10.1. The average Bonchev–Trinajstić information content (AvgIpc) is 2.85. The van der Waals surface area contributed by atoms with E-state index in [0.29, 0.717) is 6.42 Å². The summed E-state index contributed by atoms with van der Waals surface area (Å²) in [5.41, 5.74) is -0.816. The Bertz CT molecular complexity index is 701. The molecule has 1 heterocycles. The summed E-state index contributed by atoms with van der Waals surface area (Å²) in [6.07, 6.45) is 1.20. The van der Waals surface area contributed by atoms with Crippen LogP contribution in [-0.4, -0.2) is 22.9 Å². The van der Waals surface area contributed by atoms with Gasteiger partial charge in [0.1, 0.15) is 5.60 Å². The highest BCUT2D eigenvalue weighted by atomic mass is 19.1. The molecule has 0 radical (unpaired) electrons. The molecule has 2 rings (SSSR count). The van der Waals surface area contributed by atoms with Crippen molar-refractivity contribution in [3.8, 4) is 5.75 Å². The van der Waals surface area contributed by atoms with Gasteiger partial charge in [-0.15, -0.1) is 0 Å². The highest BCUT2D eigenvalue weighted by Crippen LogP contribution is 2.32. The van der Waals surface area contributed by atoms with Crippen molar-refractivity contribution in [2.75, 3.05) is 6.61 Å². The maximum Gasteiger partial charge on any atom is 0.418 e. The molecule has 0 fully saturated rings. The van der Waals surface area contributed by atoms with Crippen LogP contribution in [0, 0.1) is 11.6 Å². The third-order valence-corrected chi connectivity index (χ3v) is 2.87. The molecule has 0 amide bonds. The fourth-order valence-corrected chi connectivity index (χ4v) is 2.05. The quantitative estimate of drug-likeness (QED) is 0.838. The van der Waals surface area contributed by atoms with Gasteiger partial charge in [0.2, 0.25) is 0 Å². The smallest absolute Gasteiger partial charge is 0.418 e. The van der Waals surface area contributed by atoms with Crippen LogP contribution in [0.25, 0.3) is 10.9 Å². The molecule has 6 heteroatoms. The molecule has 120 valence electrons. The van der Waals surface area contributed by atoms with Crippen LogP contribution in [0.3, 0.4) is 0 Å². The Kier molecular flexibility index (Phi) is 4.39. The number of fused-ring (bicyclic) bond motifs is 1. The van der Waals surface area contributed by atoms with E-state index in [-0.39, 0.29) is 23.3 Å². The Morgan fingerprint density at radius 1 is 1.32 bits per heavy atom. The molecule has 0 saturated heterocycles. The minimum absolute atomic E-state index is 0.0206. The van der Waals surface area contributed by atoms with Crippen molar-refractivity contribution in [1.29, 1.82) is 0 Å². The van der Waals surface area contributed by atoms with Gasteiger partial charge < -0.3 is 9.47 Å². The first-order chi connectivity index (χ1) is 10.2. The molecule has 0 N–H and O–H groups in total. The Hall–Kier alpha value is -2.11. The lowest BCUT2D eigenvalue weighted by Gasteiger charge is -2.22. The lowest BCUT2D eigenvalue weighted by Crippen LogP contribution is -2.23. The molecule has 0 saturated carbocycles. The van der Waals surface area contributed by atoms with E-state index < -0.39 is 23.3 Å². The van der Waals surface area contributed by atoms with Crippen molar-refractivity contribution in [2.24, 2.45) is 0 Å². The topological polar surface area (TPSA) is 40.5 Å². The van der Waals surface area contributed by atoms with Crippen LogP contribution in [0.15, 0.2) is 18.3 Å². The summed E-state index contributed by atoms with van der Waals surface area (Å²) in [6, 6.07) is 2.28. The van der Waals surface area contributed by atoms with E-state index in [1.165, 1.54) is 12.3 Å². The molecular weight excluding hydrogens is 292 g/mol. The second-order valence-corrected chi connectivity index (χ2v) is 5.95. The molecule has 1 aromatic carbocycles. The maximum absolute atomic E-state index is 14.5. The molecule has 2 aromatic rings. The van der Waals surface area contributed by atoms with Gasteiger partial charge in [-0.2, -0.15) is 0 Å². The van der Waals surface area contributed by atoms with Gasteiger partial charge in [-0.05, 0) is 33.3 Å². The van der Waals surface area contributed by atoms with Gasteiger partial charge in [0, 0.05) is 17.6 Å². The normalized spacial score (nSPS) is 11.7. The minimum atomic E-state index is -0.742. The number of halogens is 2. The second kappa shape index (κ2) is 5.94. The first kappa shape index (κ1) is 16.3. The van der Waals surface area contributed by atoms with E-state index in [9.17, 15) is 13.6 Å². The number of hydrogen-bond donors (Lipinski definition) is 0. The second-order valence-electron chi connectivity index (χ2n) is 5.95. The number of ether oxygens (including phenoxy) is 2. The summed E-state index contributed by atoms with van der Waals surface area (Å²) in [5.74, 6) is -1.63.